The molecule has 0 bridgehead atoms. The Bertz CT molecular complexity index is 501. The molecule has 0 saturated carbocycles. The fourth-order valence-electron chi connectivity index (χ4n) is 1.96. The summed E-state index contributed by atoms with van der Waals surface area (Å²) >= 11 is 0. The second-order valence-corrected chi connectivity index (χ2v) is 5.27. The van der Waals surface area contributed by atoms with Crippen molar-refractivity contribution in [2.24, 2.45) is 7.05 Å². The average molecular weight is 202 g/mol. The van der Waals surface area contributed by atoms with E-state index < -0.39 is 0 Å². The highest BCUT2D eigenvalue weighted by Gasteiger charge is 2.16. The predicted molar refractivity (Wildman–Crippen MR) is 64.2 cm³/mol. The molecule has 0 aliphatic carbocycles. The van der Waals surface area contributed by atoms with Crippen molar-refractivity contribution in [3.63, 3.8) is 0 Å². The Morgan fingerprint density at radius 3 is 2.47 bits per heavy atom. The first kappa shape index (κ1) is 10.2. The SMILES string of the molecule is Cc1cc(C(C)(C)C)cc2ncn(C)c12. The maximum atomic E-state index is 4.42. The van der Waals surface area contributed by atoms with Gasteiger partial charge in [-0.1, -0.05) is 26.8 Å². The molecule has 2 rings (SSSR count). The number of hydrogen-bond acceptors (Lipinski definition) is 1. The molecule has 0 atom stereocenters. The number of benzene rings is 1. The van der Waals surface area contributed by atoms with Crippen LogP contribution in [0.2, 0.25) is 0 Å². The van der Waals surface area contributed by atoms with E-state index in [2.05, 4.69) is 49.4 Å². The van der Waals surface area contributed by atoms with Crippen LogP contribution in [0.1, 0.15) is 31.9 Å². The molecule has 1 aromatic carbocycles. The highest BCUT2D eigenvalue weighted by molar-refractivity contribution is 5.80. The van der Waals surface area contributed by atoms with E-state index in [4.69, 9.17) is 0 Å². The topological polar surface area (TPSA) is 17.8 Å². The Balaban J connectivity index is 2.74. The smallest absolute Gasteiger partial charge is 0.0955 e. The zero-order valence-electron chi connectivity index (χ0n) is 10.1. The van der Waals surface area contributed by atoms with Crippen LogP contribution in [0.3, 0.4) is 0 Å². The van der Waals surface area contributed by atoms with Crippen LogP contribution in [0.5, 0.6) is 0 Å². The molecule has 0 radical (unpaired) electrons. The van der Waals surface area contributed by atoms with E-state index in [-0.39, 0.29) is 5.41 Å². The van der Waals surface area contributed by atoms with Gasteiger partial charge in [0.25, 0.3) is 0 Å². The molecule has 0 N–H and O–H groups in total. The summed E-state index contributed by atoms with van der Waals surface area (Å²) in [6.45, 7) is 8.85. The molecule has 2 nitrogen and oxygen atoms in total. The second-order valence-electron chi connectivity index (χ2n) is 5.27. The Morgan fingerprint density at radius 2 is 1.87 bits per heavy atom. The lowest BCUT2D eigenvalue weighted by atomic mass is 9.86. The van der Waals surface area contributed by atoms with Crippen molar-refractivity contribution >= 4 is 11.0 Å². The molecule has 1 aromatic heterocycles. The Hall–Kier alpha value is -1.31. The van der Waals surface area contributed by atoms with E-state index in [1.165, 1.54) is 16.6 Å². The van der Waals surface area contributed by atoms with Gasteiger partial charge in [0, 0.05) is 7.05 Å². The maximum absolute atomic E-state index is 4.42. The molecule has 0 aliphatic heterocycles. The monoisotopic (exact) mass is 202 g/mol. The van der Waals surface area contributed by atoms with Crippen LogP contribution in [-0.2, 0) is 12.5 Å². The minimum Gasteiger partial charge on any atom is -0.334 e. The van der Waals surface area contributed by atoms with Gasteiger partial charge in [0.1, 0.15) is 0 Å². The van der Waals surface area contributed by atoms with Crippen LogP contribution in [0.25, 0.3) is 11.0 Å². The van der Waals surface area contributed by atoms with Crippen LogP contribution >= 0.6 is 0 Å². The van der Waals surface area contributed by atoms with E-state index in [0.29, 0.717) is 0 Å². The molecule has 0 unspecified atom stereocenters. The lowest BCUT2D eigenvalue weighted by Crippen LogP contribution is -2.11. The molecule has 0 spiro atoms. The number of imidazole rings is 1. The summed E-state index contributed by atoms with van der Waals surface area (Å²) in [6, 6.07) is 4.46. The second kappa shape index (κ2) is 3.09. The molecule has 80 valence electrons. The lowest BCUT2D eigenvalue weighted by molar-refractivity contribution is 0.590. The fourth-order valence-corrected chi connectivity index (χ4v) is 1.96. The quantitative estimate of drug-likeness (QED) is 0.641. The van der Waals surface area contributed by atoms with Crippen LogP contribution in [0.4, 0.5) is 0 Å². The Morgan fingerprint density at radius 1 is 1.20 bits per heavy atom. The van der Waals surface area contributed by atoms with Crippen molar-refractivity contribution in [2.75, 3.05) is 0 Å². The number of aromatic nitrogens is 2. The molecular weight excluding hydrogens is 184 g/mol. The van der Waals surface area contributed by atoms with Crippen molar-refractivity contribution in [1.82, 2.24) is 9.55 Å². The van der Waals surface area contributed by atoms with E-state index in [1.54, 1.807) is 0 Å². The standard InChI is InChI=1S/C13H18N2/c1-9-6-10(13(2,3)4)7-11-12(9)15(5)8-14-11/h6-8H,1-5H3. The molecule has 0 saturated heterocycles. The molecule has 2 aromatic rings. The van der Waals surface area contributed by atoms with Gasteiger partial charge in [-0.2, -0.15) is 0 Å². The average Bonchev–Trinajstić information content (AvgIpc) is 2.46. The third kappa shape index (κ3) is 1.65. The van der Waals surface area contributed by atoms with Gasteiger partial charge in [0.2, 0.25) is 0 Å². The molecule has 2 heteroatoms. The number of aryl methyl sites for hydroxylation is 2. The Kier molecular flexibility index (Phi) is 2.10. The summed E-state index contributed by atoms with van der Waals surface area (Å²) in [5.74, 6) is 0. The molecule has 0 amide bonds. The molecule has 15 heavy (non-hydrogen) atoms. The first-order valence-corrected chi connectivity index (χ1v) is 5.32. The molecule has 0 fully saturated rings. The molecular formula is C13H18N2. The van der Waals surface area contributed by atoms with Gasteiger partial charge >= 0.3 is 0 Å². The van der Waals surface area contributed by atoms with Crippen LogP contribution < -0.4 is 0 Å². The third-order valence-electron chi connectivity index (χ3n) is 2.87. The number of hydrogen-bond donors (Lipinski definition) is 0. The van der Waals surface area contributed by atoms with E-state index in [1.807, 2.05) is 13.4 Å². The molecule has 0 aliphatic rings. The van der Waals surface area contributed by atoms with Crippen LogP contribution in [0.15, 0.2) is 18.5 Å². The predicted octanol–water partition coefficient (Wildman–Crippen LogP) is 3.18. The zero-order valence-corrected chi connectivity index (χ0v) is 10.1. The highest BCUT2D eigenvalue weighted by atomic mass is 15.0. The van der Waals surface area contributed by atoms with Crippen molar-refractivity contribution < 1.29 is 0 Å². The fraction of sp³-hybridized carbons (Fsp3) is 0.462. The van der Waals surface area contributed by atoms with Gasteiger partial charge in [0.05, 0.1) is 17.4 Å². The number of nitrogens with zero attached hydrogens (tertiary/aromatic N) is 2. The summed E-state index contributed by atoms with van der Waals surface area (Å²) in [6.07, 6.45) is 1.88. The molecule has 1 heterocycles. The summed E-state index contributed by atoms with van der Waals surface area (Å²) in [5, 5.41) is 0. The summed E-state index contributed by atoms with van der Waals surface area (Å²) in [5.41, 5.74) is 5.19. The highest BCUT2D eigenvalue weighted by Crippen LogP contribution is 2.27. The minimum absolute atomic E-state index is 0.191. The summed E-state index contributed by atoms with van der Waals surface area (Å²) in [7, 11) is 2.04. The Labute approximate surface area is 90.9 Å². The first-order valence-electron chi connectivity index (χ1n) is 5.32. The largest absolute Gasteiger partial charge is 0.334 e. The normalized spacial score (nSPS) is 12.3. The van der Waals surface area contributed by atoms with Gasteiger partial charge in [-0.3, -0.25) is 0 Å². The van der Waals surface area contributed by atoms with E-state index in [0.717, 1.165) is 5.52 Å². The summed E-state index contributed by atoms with van der Waals surface area (Å²) < 4.78 is 2.08. The van der Waals surface area contributed by atoms with E-state index in [9.17, 15) is 0 Å². The third-order valence-corrected chi connectivity index (χ3v) is 2.87. The van der Waals surface area contributed by atoms with Gasteiger partial charge in [-0.15, -0.1) is 0 Å². The van der Waals surface area contributed by atoms with Gasteiger partial charge < -0.3 is 4.57 Å². The van der Waals surface area contributed by atoms with Gasteiger partial charge in [0.15, 0.2) is 0 Å². The number of rotatable bonds is 0. The number of fused-ring (bicyclic) bond motifs is 1. The lowest BCUT2D eigenvalue weighted by Gasteiger charge is -2.19. The van der Waals surface area contributed by atoms with Crippen LogP contribution in [0, 0.1) is 6.92 Å². The van der Waals surface area contributed by atoms with Crippen molar-refractivity contribution in [3.05, 3.63) is 29.6 Å². The van der Waals surface area contributed by atoms with Crippen molar-refractivity contribution in [3.8, 4) is 0 Å². The van der Waals surface area contributed by atoms with Gasteiger partial charge in [-0.05, 0) is 29.5 Å². The minimum atomic E-state index is 0.191. The maximum Gasteiger partial charge on any atom is 0.0955 e. The van der Waals surface area contributed by atoms with Crippen molar-refractivity contribution in [2.45, 2.75) is 33.1 Å². The summed E-state index contributed by atoms with van der Waals surface area (Å²) in [4.78, 5) is 4.42. The van der Waals surface area contributed by atoms with E-state index >= 15 is 0 Å². The zero-order chi connectivity index (χ0) is 11.2. The van der Waals surface area contributed by atoms with Crippen LogP contribution in [-0.4, -0.2) is 9.55 Å². The van der Waals surface area contributed by atoms with Gasteiger partial charge in [-0.25, -0.2) is 4.98 Å². The van der Waals surface area contributed by atoms with Crippen molar-refractivity contribution in [1.29, 1.82) is 0 Å². The first-order chi connectivity index (χ1) is 6.89.